The predicted octanol–water partition coefficient (Wildman–Crippen LogP) is 1.66. The number of nitriles is 1. The minimum absolute atomic E-state index is 0.0980. The van der Waals surface area contributed by atoms with Crippen LogP contribution in [0.15, 0.2) is 29.3 Å². The number of aliphatic imine (C=N–C) groups is 1. The van der Waals surface area contributed by atoms with Crippen molar-refractivity contribution in [3.8, 4) is 11.8 Å². The number of hydrogen-bond donors (Lipinski definition) is 0. The van der Waals surface area contributed by atoms with E-state index in [1.807, 2.05) is 6.07 Å². The molecule has 0 spiro atoms. The number of urea groups is 1. The quantitative estimate of drug-likeness (QED) is 0.839. The number of ether oxygens (including phenoxy) is 1. The summed E-state index contributed by atoms with van der Waals surface area (Å²) in [6.07, 6.45) is 0. The number of amidine groups is 1. The minimum atomic E-state index is -1.13. The average molecular weight is 332 g/mol. The number of benzene rings is 1. The van der Waals surface area contributed by atoms with Gasteiger partial charge in [0.05, 0.1) is 12.1 Å². The molecule has 0 bridgehead atoms. The molecule has 0 aliphatic carbocycles. The van der Waals surface area contributed by atoms with Gasteiger partial charge in [-0.2, -0.15) is 5.26 Å². The molecule has 1 aliphatic heterocycles. The highest BCUT2D eigenvalue weighted by molar-refractivity contribution is 6.19. The Morgan fingerprint density at radius 2 is 1.92 bits per heavy atom. The van der Waals surface area contributed by atoms with E-state index in [0.717, 1.165) is 4.90 Å². The zero-order chi connectivity index (χ0) is 17.9. The third kappa shape index (κ3) is 3.51. The van der Waals surface area contributed by atoms with Crippen molar-refractivity contribution < 1.29 is 18.7 Å². The van der Waals surface area contributed by atoms with Crippen molar-refractivity contribution in [2.24, 2.45) is 10.9 Å². The van der Waals surface area contributed by atoms with E-state index in [0.29, 0.717) is 5.75 Å². The van der Waals surface area contributed by atoms with Crippen LogP contribution in [0.1, 0.15) is 6.92 Å². The molecule has 1 saturated heterocycles. The Labute approximate surface area is 138 Å². The van der Waals surface area contributed by atoms with Crippen LogP contribution in [0.2, 0.25) is 0 Å². The van der Waals surface area contributed by atoms with E-state index in [1.165, 1.54) is 43.3 Å². The molecule has 2 rings (SSSR count). The van der Waals surface area contributed by atoms with Crippen LogP contribution in [-0.2, 0) is 4.79 Å². The number of carbonyl (C=O) groups excluding carboxylic acids is 2. The summed E-state index contributed by atoms with van der Waals surface area (Å²) >= 11 is 0. The Balaban J connectivity index is 2.12. The summed E-state index contributed by atoms with van der Waals surface area (Å²) < 4.78 is 18.3. The Morgan fingerprint density at radius 3 is 2.50 bits per heavy atom. The first-order valence-electron chi connectivity index (χ1n) is 7.26. The van der Waals surface area contributed by atoms with Crippen LogP contribution in [0.3, 0.4) is 0 Å². The van der Waals surface area contributed by atoms with Crippen LogP contribution in [0.25, 0.3) is 0 Å². The van der Waals surface area contributed by atoms with E-state index in [4.69, 9.17) is 4.74 Å². The number of nitrogens with zero attached hydrogens (tertiary/aromatic N) is 4. The van der Waals surface area contributed by atoms with E-state index in [-0.39, 0.29) is 18.3 Å². The molecule has 2 atom stereocenters. The molecule has 1 aliphatic rings. The van der Waals surface area contributed by atoms with Gasteiger partial charge in [-0.15, -0.1) is 0 Å². The lowest BCUT2D eigenvalue weighted by Crippen LogP contribution is -2.56. The number of rotatable bonds is 4. The zero-order valence-corrected chi connectivity index (χ0v) is 13.6. The van der Waals surface area contributed by atoms with Crippen LogP contribution >= 0.6 is 0 Å². The maximum atomic E-state index is 12.8. The molecule has 0 radical (unpaired) electrons. The minimum Gasteiger partial charge on any atom is -0.491 e. The Hall–Kier alpha value is -2.95. The fourth-order valence-electron chi connectivity index (χ4n) is 2.20. The number of carbonyl (C=O) groups is 2. The summed E-state index contributed by atoms with van der Waals surface area (Å²) in [5.41, 5.74) is 0. The van der Waals surface area contributed by atoms with Crippen LogP contribution in [-0.4, -0.2) is 54.3 Å². The van der Waals surface area contributed by atoms with Gasteiger partial charge >= 0.3 is 6.03 Å². The van der Waals surface area contributed by atoms with Gasteiger partial charge in [0.25, 0.3) is 5.91 Å². The molecular weight excluding hydrogens is 315 g/mol. The standard InChI is InChI=1S/C16H17FN4O3/c1-10(9-24-12-6-4-11(17)5-7-12)19-14-13(8-18)15(22)21(3)16(23)20(14)2/h4-7,10,13H,9H2,1-3H3. The van der Waals surface area contributed by atoms with Gasteiger partial charge in [-0.1, -0.05) is 0 Å². The van der Waals surface area contributed by atoms with Gasteiger partial charge in [-0.05, 0) is 31.2 Å². The highest BCUT2D eigenvalue weighted by Gasteiger charge is 2.41. The van der Waals surface area contributed by atoms with E-state index < -0.39 is 23.9 Å². The molecule has 0 aromatic heterocycles. The molecule has 0 N–H and O–H groups in total. The number of amides is 3. The topological polar surface area (TPSA) is 86.0 Å². The molecule has 1 fully saturated rings. The normalized spacial score (nSPS) is 21.0. The average Bonchev–Trinajstić information content (AvgIpc) is 2.57. The van der Waals surface area contributed by atoms with Crippen molar-refractivity contribution in [2.45, 2.75) is 13.0 Å². The number of hydrogen-bond acceptors (Lipinski definition) is 5. The van der Waals surface area contributed by atoms with Crippen molar-refractivity contribution in [3.63, 3.8) is 0 Å². The summed E-state index contributed by atoms with van der Waals surface area (Å²) in [6, 6.07) is 6.45. The lowest BCUT2D eigenvalue weighted by Gasteiger charge is -2.33. The maximum Gasteiger partial charge on any atom is 0.331 e. The SMILES string of the molecule is CC(COc1ccc(F)cc1)N=C1C(C#N)C(=O)N(C)C(=O)N1C. The molecule has 126 valence electrons. The smallest absolute Gasteiger partial charge is 0.331 e. The fourth-order valence-corrected chi connectivity index (χ4v) is 2.20. The third-order valence-electron chi connectivity index (χ3n) is 3.54. The van der Waals surface area contributed by atoms with Crippen molar-refractivity contribution >= 4 is 17.8 Å². The van der Waals surface area contributed by atoms with Crippen LogP contribution in [0.5, 0.6) is 5.75 Å². The number of halogens is 1. The van der Waals surface area contributed by atoms with Gasteiger partial charge in [-0.3, -0.25) is 19.6 Å². The van der Waals surface area contributed by atoms with Crippen molar-refractivity contribution in [1.29, 1.82) is 5.26 Å². The summed E-state index contributed by atoms with van der Waals surface area (Å²) in [5.74, 6) is -1.53. The molecule has 3 amide bonds. The second kappa shape index (κ2) is 7.08. The highest BCUT2D eigenvalue weighted by Crippen LogP contribution is 2.17. The van der Waals surface area contributed by atoms with Crippen molar-refractivity contribution in [1.82, 2.24) is 9.80 Å². The summed E-state index contributed by atoms with van der Waals surface area (Å²) in [5, 5.41) is 9.22. The second-order valence-electron chi connectivity index (χ2n) is 5.40. The van der Waals surface area contributed by atoms with E-state index in [2.05, 4.69) is 4.99 Å². The number of imide groups is 1. The van der Waals surface area contributed by atoms with E-state index >= 15 is 0 Å². The van der Waals surface area contributed by atoms with Gasteiger partial charge < -0.3 is 4.74 Å². The third-order valence-corrected chi connectivity index (χ3v) is 3.54. The largest absolute Gasteiger partial charge is 0.491 e. The Kier molecular flexibility index (Phi) is 5.14. The molecule has 1 heterocycles. The zero-order valence-electron chi connectivity index (χ0n) is 13.6. The Bertz CT molecular complexity index is 711. The molecule has 2 unspecified atom stereocenters. The fraction of sp³-hybridized carbons (Fsp3) is 0.375. The molecular formula is C16H17FN4O3. The summed E-state index contributed by atoms with van der Waals surface area (Å²) in [7, 11) is 2.78. The molecule has 24 heavy (non-hydrogen) atoms. The second-order valence-corrected chi connectivity index (χ2v) is 5.40. The first-order chi connectivity index (χ1) is 11.3. The Morgan fingerprint density at radius 1 is 1.29 bits per heavy atom. The maximum absolute atomic E-state index is 12.8. The van der Waals surface area contributed by atoms with Gasteiger partial charge in [0.15, 0.2) is 5.92 Å². The first-order valence-corrected chi connectivity index (χ1v) is 7.26. The van der Waals surface area contributed by atoms with E-state index in [1.54, 1.807) is 6.92 Å². The van der Waals surface area contributed by atoms with Crippen molar-refractivity contribution in [2.75, 3.05) is 20.7 Å². The van der Waals surface area contributed by atoms with E-state index in [9.17, 15) is 19.2 Å². The van der Waals surface area contributed by atoms with Crippen molar-refractivity contribution in [3.05, 3.63) is 30.1 Å². The molecule has 1 aromatic rings. The lowest BCUT2D eigenvalue weighted by molar-refractivity contribution is -0.129. The monoisotopic (exact) mass is 332 g/mol. The van der Waals surface area contributed by atoms with Gasteiger partial charge in [0.1, 0.15) is 24.0 Å². The van der Waals surface area contributed by atoms with Gasteiger partial charge in [-0.25, -0.2) is 9.18 Å². The van der Waals surface area contributed by atoms with Gasteiger partial charge in [0.2, 0.25) is 0 Å². The lowest BCUT2D eigenvalue weighted by atomic mass is 10.1. The summed E-state index contributed by atoms with van der Waals surface area (Å²) in [6.45, 7) is 1.88. The predicted molar refractivity (Wildman–Crippen MR) is 83.8 cm³/mol. The van der Waals surface area contributed by atoms with Crippen LogP contribution < -0.4 is 4.74 Å². The molecule has 8 heteroatoms. The van der Waals surface area contributed by atoms with Crippen LogP contribution in [0.4, 0.5) is 9.18 Å². The summed E-state index contributed by atoms with van der Waals surface area (Å²) in [4.78, 5) is 30.4. The molecule has 1 aromatic carbocycles. The molecule has 7 nitrogen and oxygen atoms in total. The highest BCUT2D eigenvalue weighted by atomic mass is 19.1. The first kappa shape index (κ1) is 17.4. The molecule has 0 saturated carbocycles. The van der Waals surface area contributed by atoms with Gasteiger partial charge in [0, 0.05) is 14.1 Å². The van der Waals surface area contributed by atoms with Crippen LogP contribution in [0, 0.1) is 23.1 Å².